The number of aromatic nitrogens is 1. The van der Waals surface area contributed by atoms with Gasteiger partial charge in [0, 0.05) is 78.5 Å². The number of rotatable bonds is 23. The van der Waals surface area contributed by atoms with Crippen molar-refractivity contribution in [3.8, 4) is 22.6 Å². The number of carbonyl (C=O) groups excluding carboxylic acids is 5. The van der Waals surface area contributed by atoms with Gasteiger partial charge in [0.05, 0.1) is 20.3 Å². The third-order valence-electron chi connectivity index (χ3n) is 13.4. The number of nitrogens with one attached hydrogen (secondary N) is 7. The number of unbranched alkanes of at least 4 members (excludes halogenated alkanes) is 1. The highest BCUT2D eigenvalue weighted by molar-refractivity contribution is 5.99. The number of ether oxygens (including phenoxy) is 2. The van der Waals surface area contributed by atoms with Crippen molar-refractivity contribution in [2.45, 2.75) is 94.9 Å². The summed E-state index contributed by atoms with van der Waals surface area (Å²) in [6.45, 7) is 8.71. The first-order valence-electron chi connectivity index (χ1n) is 24.9. The molecule has 1 aliphatic carbocycles. The van der Waals surface area contributed by atoms with E-state index in [9.17, 15) is 29.1 Å². The molecule has 0 spiro atoms. The van der Waals surface area contributed by atoms with Crippen LogP contribution in [0.2, 0.25) is 0 Å². The number of methoxy groups -OCH3 is 1. The van der Waals surface area contributed by atoms with Gasteiger partial charge in [-0.2, -0.15) is 0 Å². The van der Waals surface area contributed by atoms with E-state index in [0.717, 1.165) is 48.3 Å². The van der Waals surface area contributed by atoms with Gasteiger partial charge in [0.25, 0.3) is 0 Å². The first-order chi connectivity index (χ1) is 34.9. The molecule has 6 atom stereocenters. The lowest BCUT2D eigenvalue weighted by Crippen LogP contribution is -2.59. The van der Waals surface area contributed by atoms with Gasteiger partial charge in [-0.15, -0.1) is 0 Å². The van der Waals surface area contributed by atoms with Crippen LogP contribution in [0.4, 0.5) is 11.4 Å². The minimum Gasteiger partial charge on any atom is -0.508 e. The van der Waals surface area contributed by atoms with Gasteiger partial charge >= 0.3 is 0 Å². The van der Waals surface area contributed by atoms with Crippen molar-refractivity contribution in [1.82, 2.24) is 31.6 Å². The van der Waals surface area contributed by atoms with E-state index in [1.165, 1.54) is 0 Å². The molecule has 1 aromatic heterocycles. The van der Waals surface area contributed by atoms with Gasteiger partial charge in [-0.05, 0) is 117 Å². The van der Waals surface area contributed by atoms with Gasteiger partial charge in [0.2, 0.25) is 29.5 Å². The molecule has 1 saturated carbocycles. The van der Waals surface area contributed by atoms with Crippen LogP contribution in [0.25, 0.3) is 22.0 Å². The Hall–Kier alpha value is -7.37. The van der Waals surface area contributed by atoms with Crippen molar-refractivity contribution in [2.24, 2.45) is 11.7 Å². The first kappa shape index (κ1) is 52.5. The lowest BCUT2D eigenvalue weighted by Gasteiger charge is -2.29. The quantitative estimate of drug-likeness (QED) is 0.0386. The molecule has 5 amide bonds. The zero-order chi connectivity index (χ0) is 51.0. The number of carbonyl (C=O) groups is 5. The highest BCUT2D eigenvalue weighted by Gasteiger charge is 2.34. The number of amides is 5. The minimum atomic E-state index is -1.23. The molecule has 72 heavy (non-hydrogen) atoms. The molecule has 2 fully saturated rings. The molecule has 0 radical (unpaired) electrons. The van der Waals surface area contributed by atoms with Crippen molar-refractivity contribution < 1.29 is 38.6 Å². The van der Waals surface area contributed by atoms with Gasteiger partial charge < -0.3 is 62.1 Å². The summed E-state index contributed by atoms with van der Waals surface area (Å²) in [6, 6.07) is 22.9. The number of phenolic OH excluding ortho intramolecular Hbond substituents is 1. The first-order valence-corrected chi connectivity index (χ1v) is 24.9. The van der Waals surface area contributed by atoms with Gasteiger partial charge in [0.1, 0.15) is 35.7 Å². The second kappa shape index (κ2) is 25.7. The number of phenols is 1. The molecular weight excluding hydrogens is 915 g/mol. The molecule has 4 aromatic carbocycles. The Morgan fingerprint density at radius 2 is 1.56 bits per heavy atom. The zero-order valence-electron chi connectivity index (χ0n) is 41.2. The Labute approximate surface area is 421 Å². The molecule has 17 heteroatoms. The van der Waals surface area contributed by atoms with E-state index in [2.05, 4.69) is 48.4 Å². The fourth-order valence-electron chi connectivity index (χ4n) is 9.37. The fraction of sp³-hybridized carbons (Fsp3) is 0.400. The van der Waals surface area contributed by atoms with Crippen molar-refractivity contribution >= 4 is 51.8 Å². The number of fused-ring (bicyclic) bond motifs is 1. The number of hydrogen-bond acceptors (Lipinski definition) is 11. The highest BCUT2D eigenvalue weighted by Crippen LogP contribution is 2.30. The molecule has 17 nitrogen and oxygen atoms in total. The monoisotopic (exact) mass is 984 g/mol. The molecule has 1 saturated heterocycles. The molecule has 382 valence electrons. The van der Waals surface area contributed by atoms with Gasteiger partial charge in [0.15, 0.2) is 0 Å². The molecule has 0 bridgehead atoms. The number of H-pyrrole nitrogens is 1. The Kier molecular flexibility index (Phi) is 18.7. The molecule has 5 aromatic rings. The highest BCUT2D eigenvalue weighted by atomic mass is 16.5. The standard InChI is InChI=1S/C55H69N9O8/c1-4-57-25-8-7-13-47(53(68)59-35(2)51(66)60-41-19-21-42(22-20-41)64-26-28-72-29-27-64)61-54(69)48(30-36-15-17-37(18-16-36)44-12-5-6-14-50(44)71-3)63-55(70)49(62-52(67)38-10-9-11-40(56)31-38)32-39-34-58-46-24-23-43(65)33-45(39)46/h4-6,12,14-24,33-35,38,40,47-49,57-58,65H,1,7-11,13,25-32,56H2,2-3H3,(H,59,68)(H,60,66)(H,61,69)(H,62,67)(H,63,70)/t35-,38+,40+,47+,48+,49+/m1/s1. The Balaban J connectivity index is 1.13. The topological polar surface area (TPSA) is 241 Å². The molecule has 2 heterocycles. The maximum absolute atomic E-state index is 14.8. The fourth-order valence-corrected chi connectivity index (χ4v) is 9.37. The van der Waals surface area contributed by atoms with E-state index in [0.29, 0.717) is 73.4 Å². The van der Waals surface area contributed by atoms with Crippen LogP contribution in [0.1, 0.15) is 63.0 Å². The number of para-hydroxylation sites is 1. The maximum atomic E-state index is 14.8. The average molecular weight is 984 g/mol. The predicted molar refractivity (Wildman–Crippen MR) is 279 cm³/mol. The van der Waals surface area contributed by atoms with Gasteiger partial charge in [-0.3, -0.25) is 24.0 Å². The van der Waals surface area contributed by atoms with Crippen LogP contribution in [0, 0.1) is 5.92 Å². The Morgan fingerprint density at radius 1 is 0.847 bits per heavy atom. The largest absolute Gasteiger partial charge is 0.508 e. The van der Waals surface area contributed by atoms with Crippen LogP contribution in [-0.2, 0) is 41.6 Å². The van der Waals surface area contributed by atoms with Crippen molar-refractivity contribution in [1.29, 1.82) is 0 Å². The SMILES string of the molecule is C=CNCCCC[C@H](NC(=O)[C@H](Cc1ccc(-c2ccccc2OC)cc1)NC(=O)[C@H](Cc1c[nH]c2ccc(O)cc12)NC(=O)[C@H]1CCC[C@H](N)C1)C(=O)N[C@H](C)C(=O)Nc1ccc(N2CCOCC2)cc1. The average Bonchev–Trinajstić information content (AvgIpc) is 3.79. The van der Waals surface area contributed by atoms with E-state index in [1.807, 2.05) is 72.8 Å². The predicted octanol–water partition coefficient (Wildman–Crippen LogP) is 5.19. The van der Waals surface area contributed by atoms with Crippen LogP contribution in [0.3, 0.4) is 0 Å². The van der Waals surface area contributed by atoms with Crippen LogP contribution >= 0.6 is 0 Å². The second-order valence-corrected chi connectivity index (χ2v) is 18.7. The smallest absolute Gasteiger partial charge is 0.246 e. The zero-order valence-corrected chi connectivity index (χ0v) is 41.2. The third kappa shape index (κ3) is 14.4. The second-order valence-electron chi connectivity index (χ2n) is 18.7. The number of nitrogens with two attached hydrogens (primary N) is 1. The summed E-state index contributed by atoms with van der Waals surface area (Å²) in [4.78, 5) is 76.6. The van der Waals surface area contributed by atoms with Crippen LogP contribution in [0.15, 0.2) is 110 Å². The van der Waals surface area contributed by atoms with Crippen LogP contribution in [-0.4, -0.2) is 110 Å². The molecule has 7 rings (SSSR count). The van der Waals surface area contributed by atoms with Gasteiger partial charge in [-0.1, -0.05) is 55.5 Å². The number of aromatic amines is 1. The Morgan fingerprint density at radius 3 is 2.28 bits per heavy atom. The number of anilines is 2. The molecule has 1 aliphatic heterocycles. The summed E-state index contributed by atoms with van der Waals surface area (Å²) in [6.07, 6.45) is 7.46. The third-order valence-corrected chi connectivity index (χ3v) is 13.4. The Bertz CT molecular complexity index is 2630. The van der Waals surface area contributed by atoms with Crippen molar-refractivity contribution in [2.75, 3.05) is 50.2 Å². The summed E-state index contributed by atoms with van der Waals surface area (Å²) < 4.78 is 11.1. The van der Waals surface area contributed by atoms with E-state index >= 15 is 0 Å². The van der Waals surface area contributed by atoms with Gasteiger partial charge in [-0.25, -0.2) is 0 Å². The lowest BCUT2D eigenvalue weighted by molar-refractivity contribution is -0.135. The minimum absolute atomic E-state index is 0.0175. The normalized spacial score (nSPS) is 17.3. The summed E-state index contributed by atoms with van der Waals surface area (Å²) in [5, 5.41) is 28.7. The van der Waals surface area contributed by atoms with E-state index in [1.54, 1.807) is 44.6 Å². The van der Waals surface area contributed by atoms with Crippen LogP contribution < -0.4 is 47.3 Å². The van der Waals surface area contributed by atoms with E-state index in [-0.39, 0.29) is 37.0 Å². The maximum Gasteiger partial charge on any atom is 0.246 e. The summed E-state index contributed by atoms with van der Waals surface area (Å²) in [7, 11) is 1.61. The number of nitrogens with zero attached hydrogens (tertiary/aromatic N) is 1. The molecule has 0 unspecified atom stereocenters. The summed E-state index contributed by atoms with van der Waals surface area (Å²) >= 11 is 0. The number of morpholine rings is 1. The van der Waals surface area contributed by atoms with Crippen LogP contribution in [0.5, 0.6) is 11.5 Å². The summed E-state index contributed by atoms with van der Waals surface area (Å²) in [5.74, 6) is -2.26. The van der Waals surface area contributed by atoms with Crippen molar-refractivity contribution in [3.05, 3.63) is 121 Å². The number of hydrogen-bond donors (Lipinski definition) is 9. The lowest BCUT2D eigenvalue weighted by atomic mass is 9.85. The number of benzene rings is 4. The van der Waals surface area contributed by atoms with Crippen molar-refractivity contribution in [3.63, 3.8) is 0 Å². The van der Waals surface area contributed by atoms with E-state index < -0.39 is 53.7 Å². The molecule has 2 aliphatic rings. The molecular formula is C55H69N9O8. The number of aromatic hydroxyl groups is 1. The summed E-state index contributed by atoms with van der Waals surface area (Å²) in [5.41, 5.74) is 11.7. The molecule has 10 N–H and O–H groups in total. The van der Waals surface area contributed by atoms with E-state index in [4.69, 9.17) is 15.2 Å².